The highest BCUT2D eigenvalue weighted by molar-refractivity contribution is 6.51. The van der Waals surface area contributed by atoms with Crippen molar-refractivity contribution in [2.45, 2.75) is 6.04 Å². The second kappa shape index (κ2) is 7.79. The van der Waals surface area contributed by atoms with Crippen molar-refractivity contribution in [1.29, 1.82) is 0 Å². The number of rotatable bonds is 4. The van der Waals surface area contributed by atoms with Gasteiger partial charge in [-0.3, -0.25) is 19.5 Å². The summed E-state index contributed by atoms with van der Waals surface area (Å²) in [6.07, 6.45) is 3.04. The standard InChI is InChI=1S/C23H17FN2O4/c1-30-18-7-2-4-15(12-18)21(27)19-20(14-8-10-25-11-9-14)26(23(29)22(19)28)17-6-3-5-16(24)13-17/h2-13,20,27H,1H3/b21-19+. The van der Waals surface area contributed by atoms with Gasteiger partial charge >= 0.3 is 0 Å². The Kier molecular flexibility index (Phi) is 5.02. The Balaban J connectivity index is 1.94. The zero-order chi connectivity index (χ0) is 21.3. The lowest BCUT2D eigenvalue weighted by Gasteiger charge is -2.25. The molecule has 0 radical (unpaired) electrons. The van der Waals surface area contributed by atoms with Crippen LogP contribution in [-0.2, 0) is 9.59 Å². The summed E-state index contributed by atoms with van der Waals surface area (Å²) in [6.45, 7) is 0. The van der Waals surface area contributed by atoms with Crippen molar-refractivity contribution < 1.29 is 23.8 Å². The number of carbonyl (C=O) groups excluding carboxylic acids is 2. The van der Waals surface area contributed by atoms with Crippen LogP contribution in [0.1, 0.15) is 17.2 Å². The van der Waals surface area contributed by atoms with Gasteiger partial charge in [0.05, 0.1) is 18.7 Å². The molecule has 1 aromatic heterocycles. The normalized spacial score (nSPS) is 17.9. The predicted octanol–water partition coefficient (Wildman–Crippen LogP) is 3.86. The van der Waals surface area contributed by atoms with E-state index in [2.05, 4.69) is 4.98 Å². The van der Waals surface area contributed by atoms with E-state index in [9.17, 15) is 19.1 Å². The highest BCUT2D eigenvalue weighted by Gasteiger charge is 2.47. The van der Waals surface area contributed by atoms with Crippen LogP contribution in [-0.4, -0.2) is 28.9 Å². The van der Waals surface area contributed by atoms with E-state index in [1.165, 1.54) is 48.7 Å². The molecule has 1 unspecified atom stereocenters. The summed E-state index contributed by atoms with van der Waals surface area (Å²) in [5.74, 6) is -2.12. The third kappa shape index (κ3) is 3.30. The average molecular weight is 404 g/mol. The molecule has 4 rings (SSSR count). The Labute approximate surface area is 171 Å². The van der Waals surface area contributed by atoms with E-state index < -0.39 is 23.5 Å². The van der Waals surface area contributed by atoms with Crippen LogP contribution in [0.2, 0.25) is 0 Å². The molecule has 150 valence electrons. The summed E-state index contributed by atoms with van der Waals surface area (Å²) < 4.78 is 19.1. The predicted molar refractivity (Wildman–Crippen MR) is 108 cm³/mol. The van der Waals surface area contributed by atoms with Gasteiger partial charge in [0, 0.05) is 23.6 Å². The zero-order valence-electron chi connectivity index (χ0n) is 15.9. The summed E-state index contributed by atoms with van der Waals surface area (Å²) in [7, 11) is 1.49. The van der Waals surface area contributed by atoms with Gasteiger partial charge in [-0.25, -0.2) is 4.39 Å². The lowest BCUT2D eigenvalue weighted by molar-refractivity contribution is -0.132. The van der Waals surface area contributed by atoms with Crippen molar-refractivity contribution in [1.82, 2.24) is 4.98 Å². The van der Waals surface area contributed by atoms with Gasteiger partial charge in [0.15, 0.2) is 0 Å². The molecule has 0 saturated carbocycles. The Hall–Kier alpha value is -4.00. The van der Waals surface area contributed by atoms with Crippen LogP contribution in [0, 0.1) is 5.82 Å². The maximum absolute atomic E-state index is 13.9. The maximum atomic E-state index is 13.9. The van der Waals surface area contributed by atoms with Gasteiger partial charge in [0.1, 0.15) is 17.3 Å². The molecule has 0 spiro atoms. The fourth-order valence-corrected chi connectivity index (χ4v) is 3.51. The van der Waals surface area contributed by atoms with Crippen LogP contribution >= 0.6 is 0 Å². The number of hydrogen-bond acceptors (Lipinski definition) is 5. The first-order valence-electron chi connectivity index (χ1n) is 9.12. The number of carbonyl (C=O) groups is 2. The first kappa shape index (κ1) is 19.3. The maximum Gasteiger partial charge on any atom is 0.300 e. The number of nitrogens with zero attached hydrogens (tertiary/aromatic N) is 2. The van der Waals surface area contributed by atoms with Crippen LogP contribution in [0.4, 0.5) is 10.1 Å². The molecule has 1 atom stereocenters. The number of aliphatic hydroxyl groups is 1. The van der Waals surface area contributed by atoms with Crippen LogP contribution in [0.15, 0.2) is 78.6 Å². The van der Waals surface area contributed by atoms with Crippen LogP contribution < -0.4 is 9.64 Å². The number of aliphatic hydroxyl groups excluding tert-OH is 1. The summed E-state index contributed by atoms with van der Waals surface area (Å²) in [6, 6.07) is 14.3. The van der Waals surface area contributed by atoms with Crippen LogP contribution in [0.5, 0.6) is 5.75 Å². The Morgan fingerprint density at radius 1 is 1.07 bits per heavy atom. The molecule has 1 saturated heterocycles. The summed E-state index contributed by atoms with van der Waals surface area (Å²) in [4.78, 5) is 31.1. The quantitative estimate of drug-likeness (QED) is 0.406. The van der Waals surface area contributed by atoms with Crippen molar-refractivity contribution in [2.75, 3.05) is 12.0 Å². The SMILES string of the molecule is COc1cccc(/C(O)=C2\C(=O)C(=O)N(c3cccc(F)c3)C2c2ccncc2)c1. The van der Waals surface area contributed by atoms with Gasteiger partial charge in [-0.05, 0) is 48.0 Å². The molecule has 1 fully saturated rings. The summed E-state index contributed by atoms with van der Waals surface area (Å²) >= 11 is 0. The van der Waals surface area contributed by atoms with Crippen molar-refractivity contribution in [3.63, 3.8) is 0 Å². The third-order valence-electron chi connectivity index (χ3n) is 4.90. The Bertz CT molecular complexity index is 1160. The molecule has 1 aliphatic rings. The monoisotopic (exact) mass is 404 g/mol. The first-order valence-corrected chi connectivity index (χ1v) is 9.12. The second-order valence-corrected chi connectivity index (χ2v) is 6.66. The zero-order valence-corrected chi connectivity index (χ0v) is 15.9. The highest BCUT2D eigenvalue weighted by atomic mass is 19.1. The molecule has 0 aliphatic carbocycles. The minimum atomic E-state index is -0.944. The minimum Gasteiger partial charge on any atom is -0.507 e. The lowest BCUT2D eigenvalue weighted by Crippen LogP contribution is -2.29. The number of aromatic nitrogens is 1. The average Bonchev–Trinajstić information content (AvgIpc) is 3.04. The smallest absolute Gasteiger partial charge is 0.300 e. The van der Waals surface area contributed by atoms with Crippen LogP contribution in [0.3, 0.4) is 0 Å². The summed E-state index contributed by atoms with van der Waals surface area (Å²) in [5, 5.41) is 11.0. The topological polar surface area (TPSA) is 79.7 Å². The fourth-order valence-electron chi connectivity index (χ4n) is 3.51. The van der Waals surface area contributed by atoms with Crippen LogP contribution in [0.25, 0.3) is 5.76 Å². The Morgan fingerprint density at radius 2 is 1.80 bits per heavy atom. The van der Waals surface area contributed by atoms with E-state index in [0.29, 0.717) is 16.9 Å². The molecule has 1 aliphatic heterocycles. The minimum absolute atomic E-state index is 0.0938. The molecular weight excluding hydrogens is 387 g/mol. The van der Waals surface area contributed by atoms with Gasteiger partial charge in [-0.1, -0.05) is 18.2 Å². The van der Waals surface area contributed by atoms with Crippen molar-refractivity contribution in [3.8, 4) is 5.75 Å². The first-order chi connectivity index (χ1) is 14.5. The van der Waals surface area contributed by atoms with Gasteiger partial charge in [-0.15, -0.1) is 0 Å². The number of benzene rings is 2. The van der Waals surface area contributed by atoms with Gasteiger partial charge in [0.25, 0.3) is 11.7 Å². The molecule has 2 aromatic carbocycles. The van der Waals surface area contributed by atoms with E-state index in [1.807, 2.05) is 0 Å². The number of Topliss-reactive ketones (excluding diaryl/α,β-unsaturated/α-hetero) is 1. The van der Waals surface area contributed by atoms with Crippen molar-refractivity contribution >= 4 is 23.1 Å². The molecule has 7 heteroatoms. The van der Waals surface area contributed by atoms with Gasteiger partial charge in [0.2, 0.25) is 0 Å². The van der Waals surface area contributed by atoms with Crippen molar-refractivity contribution in [3.05, 3.63) is 95.6 Å². The number of anilines is 1. The molecule has 6 nitrogen and oxygen atoms in total. The second-order valence-electron chi connectivity index (χ2n) is 6.66. The molecule has 2 heterocycles. The Morgan fingerprint density at radius 3 is 2.50 bits per heavy atom. The largest absolute Gasteiger partial charge is 0.507 e. The number of hydrogen-bond donors (Lipinski definition) is 1. The van der Waals surface area contributed by atoms with E-state index in [1.54, 1.807) is 36.4 Å². The van der Waals surface area contributed by atoms with E-state index in [4.69, 9.17) is 4.74 Å². The molecule has 1 N–H and O–H groups in total. The van der Waals surface area contributed by atoms with Gasteiger partial charge < -0.3 is 9.84 Å². The highest BCUT2D eigenvalue weighted by Crippen LogP contribution is 2.42. The molecular formula is C23H17FN2O4. The number of amides is 1. The van der Waals surface area contributed by atoms with Gasteiger partial charge in [-0.2, -0.15) is 0 Å². The third-order valence-corrected chi connectivity index (χ3v) is 4.90. The van der Waals surface area contributed by atoms with E-state index in [0.717, 1.165) is 0 Å². The number of pyridine rings is 1. The molecule has 0 bridgehead atoms. The molecule has 30 heavy (non-hydrogen) atoms. The number of ketones is 1. The molecule has 1 amide bonds. The summed E-state index contributed by atoms with van der Waals surface area (Å²) in [5.41, 5.74) is 0.996. The molecule has 3 aromatic rings. The number of ether oxygens (including phenoxy) is 1. The van der Waals surface area contributed by atoms with E-state index >= 15 is 0 Å². The lowest BCUT2D eigenvalue weighted by atomic mass is 9.95. The van der Waals surface area contributed by atoms with E-state index in [-0.39, 0.29) is 17.0 Å². The fraction of sp³-hybridized carbons (Fsp3) is 0.0870. The number of methoxy groups -OCH3 is 1. The number of halogens is 1. The van der Waals surface area contributed by atoms with Crippen molar-refractivity contribution in [2.24, 2.45) is 0 Å².